The van der Waals surface area contributed by atoms with Crippen molar-refractivity contribution >= 4 is 46.9 Å². The van der Waals surface area contributed by atoms with Crippen molar-refractivity contribution < 1.29 is 33.8 Å². The van der Waals surface area contributed by atoms with Crippen LogP contribution < -0.4 is 5.32 Å². The Morgan fingerprint density at radius 1 is 1.45 bits per heavy atom. The molecule has 0 radical (unpaired) electrons. The molecule has 11 heteroatoms. The predicted molar refractivity (Wildman–Crippen MR) is 105 cm³/mol. The van der Waals surface area contributed by atoms with E-state index in [0.29, 0.717) is 5.57 Å². The number of thioether (sulfide) groups is 1. The third-order valence-corrected chi connectivity index (χ3v) is 6.87. The number of amides is 2. The second-order valence-electron chi connectivity index (χ2n) is 6.51. The zero-order valence-electron chi connectivity index (χ0n) is 16.0. The second-order valence-corrected chi connectivity index (χ2v) is 8.61. The first-order valence-corrected chi connectivity index (χ1v) is 10.6. The fourth-order valence-corrected chi connectivity index (χ4v) is 5.61. The third kappa shape index (κ3) is 3.77. The molecule has 2 aliphatic heterocycles. The van der Waals surface area contributed by atoms with Crippen molar-refractivity contribution in [2.24, 2.45) is 0 Å². The molecule has 1 unspecified atom stereocenters. The number of carbonyl (C=O) groups is 4. The van der Waals surface area contributed by atoms with Gasteiger partial charge in [0.05, 0.1) is 6.42 Å². The maximum absolute atomic E-state index is 13.0. The molecule has 0 aliphatic carbocycles. The average Bonchev–Trinajstić information content (AvgIpc) is 3.16. The SMILES string of the molecule is CO[C@@]1(NC(=O)Cc2cccs2)C(=O)N2C(C(=O)O)=C(C(C)OC(C)=O)CS[C@H]21. The van der Waals surface area contributed by atoms with Crippen LogP contribution >= 0.6 is 23.1 Å². The minimum Gasteiger partial charge on any atom is -0.477 e. The van der Waals surface area contributed by atoms with E-state index in [0.717, 1.165) is 9.78 Å². The van der Waals surface area contributed by atoms with Gasteiger partial charge in [0.1, 0.15) is 17.2 Å². The molecular weight excluding hydrogens is 420 g/mol. The molecule has 0 aromatic carbocycles. The van der Waals surface area contributed by atoms with Crippen LogP contribution in [-0.4, -0.2) is 63.8 Å². The number of hydrogen-bond donors (Lipinski definition) is 2. The summed E-state index contributed by atoms with van der Waals surface area (Å²) in [5.74, 6) is -2.74. The molecule has 3 rings (SSSR count). The Morgan fingerprint density at radius 3 is 2.72 bits per heavy atom. The standard InChI is InChI=1S/C18H20N2O7S2/c1-9(27-10(2)21)12-8-29-17-18(26-3,16(25)20(17)14(12)15(23)24)19-13(22)7-11-5-4-6-28-11/h4-6,9,17H,7-8H2,1-3H3,(H,19,22)(H,23,24)/t9?,17-,18-/m0/s1. The number of thiophene rings is 1. The number of β-lactam (4-membered cyclic amide) rings is 1. The first kappa shape index (κ1) is 21.3. The van der Waals surface area contributed by atoms with E-state index >= 15 is 0 Å². The van der Waals surface area contributed by atoms with Crippen molar-refractivity contribution in [1.82, 2.24) is 10.2 Å². The number of esters is 1. The maximum Gasteiger partial charge on any atom is 0.352 e. The molecule has 1 aromatic heterocycles. The number of aliphatic carboxylic acids is 1. The lowest BCUT2D eigenvalue weighted by atomic mass is 9.96. The lowest BCUT2D eigenvalue weighted by Crippen LogP contribution is -2.80. The highest BCUT2D eigenvalue weighted by molar-refractivity contribution is 8.00. The monoisotopic (exact) mass is 440 g/mol. The van der Waals surface area contributed by atoms with E-state index < -0.39 is 41.0 Å². The zero-order chi connectivity index (χ0) is 21.3. The molecule has 2 amide bonds. The number of rotatable bonds is 7. The van der Waals surface area contributed by atoms with Gasteiger partial charge in [0.25, 0.3) is 11.6 Å². The van der Waals surface area contributed by atoms with Gasteiger partial charge < -0.3 is 19.9 Å². The van der Waals surface area contributed by atoms with E-state index in [1.54, 1.807) is 6.92 Å². The number of carbonyl (C=O) groups excluding carboxylic acids is 3. The predicted octanol–water partition coefficient (Wildman–Crippen LogP) is 0.955. The van der Waals surface area contributed by atoms with Crippen molar-refractivity contribution in [3.63, 3.8) is 0 Å². The van der Waals surface area contributed by atoms with Crippen molar-refractivity contribution in [1.29, 1.82) is 0 Å². The molecular formula is C18H20N2O7S2. The molecule has 3 heterocycles. The summed E-state index contributed by atoms with van der Waals surface area (Å²) in [6.45, 7) is 2.78. The summed E-state index contributed by atoms with van der Waals surface area (Å²) < 4.78 is 10.5. The lowest BCUT2D eigenvalue weighted by molar-refractivity contribution is -0.192. The van der Waals surface area contributed by atoms with Gasteiger partial charge in [-0.15, -0.1) is 23.1 Å². The number of ether oxygens (including phenoxy) is 2. The number of methoxy groups -OCH3 is 1. The smallest absolute Gasteiger partial charge is 0.352 e. The van der Waals surface area contributed by atoms with E-state index in [-0.39, 0.29) is 17.9 Å². The van der Waals surface area contributed by atoms with E-state index in [9.17, 15) is 24.3 Å². The van der Waals surface area contributed by atoms with Crippen molar-refractivity contribution in [3.8, 4) is 0 Å². The second kappa shape index (κ2) is 8.17. The summed E-state index contributed by atoms with van der Waals surface area (Å²) in [5.41, 5.74) is -1.57. The van der Waals surface area contributed by atoms with Crippen molar-refractivity contribution in [2.75, 3.05) is 12.9 Å². The summed E-state index contributed by atoms with van der Waals surface area (Å²) >= 11 is 2.66. The molecule has 0 saturated carbocycles. The van der Waals surface area contributed by atoms with Gasteiger partial charge in [-0.3, -0.25) is 19.3 Å². The Labute approximate surface area is 175 Å². The summed E-state index contributed by atoms with van der Waals surface area (Å²) in [4.78, 5) is 50.5. The molecule has 3 atom stereocenters. The Bertz CT molecular complexity index is 883. The van der Waals surface area contributed by atoms with E-state index in [4.69, 9.17) is 9.47 Å². The first-order chi connectivity index (χ1) is 13.7. The van der Waals surface area contributed by atoms with Crippen LogP contribution in [0.1, 0.15) is 18.7 Å². The minimum atomic E-state index is -1.64. The zero-order valence-corrected chi connectivity index (χ0v) is 17.6. The molecule has 29 heavy (non-hydrogen) atoms. The molecule has 1 aromatic rings. The lowest BCUT2D eigenvalue weighted by Gasteiger charge is -2.56. The van der Waals surface area contributed by atoms with Gasteiger partial charge in [0, 0.05) is 30.2 Å². The third-order valence-electron chi connectivity index (χ3n) is 4.66. The molecule has 1 saturated heterocycles. The maximum atomic E-state index is 13.0. The fourth-order valence-electron chi connectivity index (χ4n) is 3.36. The fraction of sp³-hybridized carbons (Fsp3) is 0.444. The number of hydrogen-bond acceptors (Lipinski definition) is 8. The van der Waals surface area contributed by atoms with Gasteiger partial charge in [-0.25, -0.2) is 4.79 Å². The van der Waals surface area contributed by atoms with Crippen LogP contribution in [0.5, 0.6) is 0 Å². The van der Waals surface area contributed by atoms with Gasteiger partial charge in [-0.05, 0) is 18.4 Å². The molecule has 1 fully saturated rings. The molecule has 0 spiro atoms. The van der Waals surface area contributed by atoms with Crippen molar-refractivity contribution in [3.05, 3.63) is 33.7 Å². The van der Waals surface area contributed by atoms with E-state index in [1.807, 2.05) is 17.5 Å². The quantitative estimate of drug-likeness (QED) is 0.365. The average molecular weight is 440 g/mol. The largest absolute Gasteiger partial charge is 0.477 e. The number of carboxylic acids is 1. The van der Waals surface area contributed by atoms with Crippen LogP contribution in [0.15, 0.2) is 28.8 Å². The van der Waals surface area contributed by atoms with Gasteiger partial charge in [-0.2, -0.15) is 0 Å². The number of fused-ring (bicyclic) bond motifs is 1. The Kier molecular flexibility index (Phi) is 6.01. The Balaban J connectivity index is 1.85. The van der Waals surface area contributed by atoms with Gasteiger partial charge in [0.2, 0.25) is 5.91 Å². The van der Waals surface area contributed by atoms with Crippen LogP contribution in [0, 0.1) is 0 Å². The van der Waals surface area contributed by atoms with Gasteiger partial charge >= 0.3 is 11.9 Å². The van der Waals surface area contributed by atoms with Gasteiger partial charge in [0.15, 0.2) is 0 Å². The van der Waals surface area contributed by atoms with E-state index in [1.165, 1.54) is 37.1 Å². The number of nitrogens with one attached hydrogen (secondary N) is 1. The number of carboxylic acid groups (broad SMARTS) is 1. The highest BCUT2D eigenvalue weighted by Gasteiger charge is 2.66. The normalized spacial score (nSPS) is 24.4. The molecule has 9 nitrogen and oxygen atoms in total. The van der Waals surface area contributed by atoms with Crippen LogP contribution in [0.3, 0.4) is 0 Å². The topological polar surface area (TPSA) is 122 Å². The minimum absolute atomic E-state index is 0.0871. The summed E-state index contributed by atoms with van der Waals surface area (Å²) in [6, 6.07) is 3.63. The summed E-state index contributed by atoms with van der Waals surface area (Å²) in [7, 11) is 1.29. The highest BCUT2D eigenvalue weighted by atomic mass is 32.2. The Morgan fingerprint density at radius 2 is 2.17 bits per heavy atom. The van der Waals surface area contributed by atoms with Crippen LogP contribution in [-0.2, 0) is 35.1 Å². The summed E-state index contributed by atoms with van der Waals surface area (Å²) in [5, 5.41) is 13.4. The van der Waals surface area contributed by atoms with E-state index in [2.05, 4.69) is 5.32 Å². The summed E-state index contributed by atoms with van der Waals surface area (Å²) in [6.07, 6.45) is -0.713. The van der Waals surface area contributed by atoms with Crippen molar-refractivity contribution in [2.45, 2.75) is 37.5 Å². The van der Waals surface area contributed by atoms with Gasteiger partial charge in [-0.1, -0.05) is 6.07 Å². The molecule has 2 N–H and O–H groups in total. The first-order valence-electron chi connectivity index (χ1n) is 8.68. The molecule has 156 valence electrons. The van der Waals surface area contributed by atoms with Crippen LogP contribution in [0.25, 0.3) is 0 Å². The molecule has 2 aliphatic rings. The Hall–Kier alpha value is -2.37. The highest BCUT2D eigenvalue weighted by Crippen LogP contribution is 2.47. The van der Waals surface area contributed by atoms with Crippen LogP contribution in [0.4, 0.5) is 0 Å². The molecule has 0 bridgehead atoms. The van der Waals surface area contributed by atoms with Crippen LogP contribution in [0.2, 0.25) is 0 Å². The number of nitrogens with zero attached hydrogens (tertiary/aromatic N) is 1.